The highest BCUT2D eigenvalue weighted by molar-refractivity contribution is 7.80. The number of anilines is 1. The van der Waals surface area contributed by atoms with Gasteiger partial charge in [-0.05, 0) is 140 Å². The molecule has 7 rings (SSSR count). The second-order valence-electron chi connectivity index (χ2n) is 18.2. The molecule has 0 saturated carbocycles. The van der Waals surface area contributed by atoms with Crippen LogP contribution >= 0.6 is 12.2 Å². The molecule has 77 heavy (non-hydrogen) atoms. The summed E-state index contributed by atoms with van der Waals surface area (Å²) < 4.78 is 37.6. The first kappa shape index (κ1) is 57.7. The van der Waals surface area contributed by atoms with Gasteiger partial charge in [-0.25, -0.2) is 9.59 Å². The number of nitrogens with two attached hydrogens (primary N) is 1. The Morgan fingerprint density at radius 2 is 1.47 bits per heavy atom. The zero-order chi connectivity index (χ0) is 56.3. The fourth-order valence-corrected chi connectivity index (χ4v) is 9.13. The second-order valence-corrected chi connectivity index (χ2v) is 18.6. The molecule has 0 spiro atoms. The lowest BCUT2D eigenvalue weighted by atomic mass is 9.90. The molecule has 406 valence electrons. The van der Waals surface area contributed by atoms with Crippen molar-refractivity contribution in [2.75, 3.05) is 18.4 Å². The highest BCUT2D eigenvalue weighted by atomic mass is 32.1. The van der Waals surface area contributed by atoms with Gasteiger partial charge in [0.25, 0.3) is 0 Å². The van der Waals surface area contributed by atoms with E-state index in [1.165, 1.54) is 35.2 Å². The van der Waals surface area contributed by atoms with E-state index in [-0.39, 0.29) is 77.7 Å². The van der Waals surface area contributed by atoms with Crippen LogP contribution in [0.2, 0.25) is 0 Å². The molecular formula is C54H55F3N6O13S. The van der Waals surface area contributed by atoms with Crippen LogP contribution in [0.15, 0.2) is 100 Å². The Labute approximate surface area is 443 Å². The third-order valence-electron chi connectivity index (χ3n) is 12.7. The monoisotopic (exact) mass is 1080 g/mol. The molecule has 4 aromatic carbocycles. The predicted octanol–water partition coefficient (Wildman–Crippen LogP) is 6.37. The van der Waals surface area contributed by atoms with Crippen LogP contribution in [-0.2, 0) is 43.4 Å². The van der Waals surface area contributed by atoms with E-state index in [2.05, 4.69) is 21.3 Å². The summed E-state index contributed by atoms with van der Waals surface area (Å²) in [5.41, 5.74) is 12.3. The number of aromatic hydroxyl groups is 2. The van der Waals surface area contributed by atoms with Crippen molar-refractivity contribution in [1.82, 2.24) is 20.9 Å². The average molecular weight is 1090 g/mol. The molecule has 0 aromatic heterocycles. The van der Waals surface area contributed by atoms with Crippen LogP contribution in [0.1, 0.15) is 70.3 Å². The Kier molecular flexibility index (Phi) is 19.0. The number of aliphatic carboxylic acids is 2. The van der Waals surface area contributed by atoms with Gasteiger partial charge in [0.1, 0.15) is 34.9 Å². The summed E-state index contributed by atoms with van der Waals surface area (Å²) in [6.45, 7) is 4.43. The van der Waals surface area contributed by atoms with Crippen LogP contribution in [0.5, 0.6) is 11.5 Å². The third-order valence-corrected chi connectivity index (χ3v) is 12.9. The van der Waals surface area contributed by atoms with E-state index >= 15 is 0 Å². The van der Waals surface area contributed by atoms with Gasteiger partial charge in [-0.3, -0.25) is 24.0 Å². The normalized spacial score (nSPS) is 13.8. The molecule has 4 aromatic rings. The zero-order valence-corrected chi connectivity index (χ0v) is 42.3. The molecule has 2 heterocycles. The van der Waals surface area contributed by atoms with Crippen molar-refractivity contribution in [3.63, 3.8) is 0 Å². The number of phenols is 2. The van der Waals surface area contributed by atoms with E-state index in [4.69, 9.17) is 32.3 Å². The van der Waals surface area contributed by atoms with Crippen molar-refractivity contribution in [3.05, 3.63) is 135 Å². The standard InChI is InChI=1S/C52H54N6O11S.C2HF3O2/c1-28-20-35(61)21-29(2)39(28)26-41(53)50(66)58-27-31-9-5-4-8-30(31)22-43(58)49(65)57-42(16-17-46(62)63)48(64)54-18-6-3-7-19-55-52(70)56-32-10-13-36(40(23-32)51(67)68)47-37-14-11-33(59)24-44(37)69-45-25-34(60)12-15-38(45)47;3-2(4,5)1(6)7/h4-5,8-15,20-21,23-25,41-43,59,61H,3,6-7,16-19,22,26-27,53H2,1-2H3,(H,54,64)(H,57,65)(H,62,63)(H,67,68)(H2,55,56,70);(H,6,7)/t41-,42-,43-;/m0./s1. The largest absolute Gasteiger partial charge is 0.508 e. The number of carboxylic acids is 3. The number of carbonyl (C=O) groups excluding carboxylic acids is 3. The first-order chi connectivity index (χ1) is 36.4. The van der Waals surface area contributed by atoms with E-state index in [0.717, 1.165) is 27.8 Å². The fraction of sp³-hybridized carbons (Fsp3) is 0.296. The number of aryl methyl sites for hydroxylation is 2. The summed E-state index contributed by atoms with van der Waals surface area (Å²) in [7, 11) is 0. The molecule has 0 saturated heterocycles. The van der Waals surface area contributed by atoms with Crippen LogP contribution in [0, 0.1) is 13.8 Å². The summed E-state index contributed by atoms with van der Waals surface area (Å²) in [6.07, 6.45) is -3.49. The van der Waals surface area contributed by atoms with Crippen molar-refractivity contribution in [2.24, 2.45) is 5.73 Å². The number of halogens is 3. The molecule has 0 fully saturated rings. The third kappa shape index (κ3) is 15.1. The summed E-state index contributed by atoms with van der Waals surface area (Å²) >= 11 is 5.50. The predicted molar refractivity (Wildman–Crippen MR) is 280 cm³/mol. The molecule has 3 atom stereocenters. The van der Waals surface area contributed by atoms with Crippen LogP contribution in [0.4, 0.5) is 18.9 Å². The molecule has 2 aliphatic heterocycles. The number of nitrogens with one attached hydrogen (secondary N) is 4. The number of rotatable bonds is 18. The highest BCUT2D eigenvalue weighted by Crippen LogP contribution is 2.42. The minimum atomic E-state index is -5.08. The van der Waals surface area contributed by atoms with Gasteiger partial charge < -0.3 is 61.9 Å². The number of hydrogen-bond acceptors (Lipinski definition) is 12. The number of aromatic carboxylic acids is 1. The van der Waals surface area contributed by atoms with Gasteiger partial charge in [0, 0.05) is 66.8 Å². The lowest BCUT2D eigenvalue weighted by molar-refractivity contribution is -0.192. The minimum absolute atomic E-state index is 0.0439. The first-order valence-corrected chi connectivity index (χ1v) is 24.5. The van der Waals surface area contributed by atoms with E-state index in [1.54, 1.807) is 36.4 Å². The molecule has 19 nitrogen and oxygen atoms in total. The van der Waals surface area contributed by atoms with Gasteiger partial charge in [-0.2, -0.15) is 13.2 Å². The zero-order valence-electron chi connectivity index (χ0n) is 41.5. The van der Waals surface area contributed by atoms with Gasteiger partial charge in [-0.1, -0.05) is 30.3 Å². The summed E-state index contributed by atoms with van der Waals surface area (Å²) in [4.78, 5) is 88.4. The number of carbonyl (C=O) groups is 6. The van der Waals surface area contributed by atoms with Crippen molar-refractivity contribution >= 4 is 69.6 Å². The number of thiocarbonyl (C=S) groups is 1. The molecule has 3 aliphatic rings. The number of unbranched alkanes of at least 4 members (excludes halogenated alkanes) is 2. The Morgan fingerprint density at radius 1 is 0.818 bits per heavy atom. The maximum Gasteiger partial charge on any atom is 0.490 e. The van der Waals surface area contributed by atoms with Crippen molar-refractivity contribution in [2.45, 2.75) is 89.6 Å². The molecule has 11 N–H and O–H groups in total. The topological polar surface area (TPSA) is 311 Å². The number of alkyl halides is 3. The average Bonchev–Trinajstić information content (AvgIpc) is 3.37. The maximum absolute atomic E-state index is 14.1. The number of fused-ring (bicyclic) bond motifs is 3. The molecule has 1 aliphatic carbocycles. The number of amides is 3. The smallest absolute Gasteiger partial charge is 0.490 e. The van der Waals surface area contributed by atoms with Gasteiger partial charge in [0.05, 0.1) is 11.6 Å². The summed E-state index contributed by atoms with van der Waals surface area (Å²) in [5.74, 6) is -6.47. The van der Waals surface area contributed by atoms with Crippen LogP contribution in [0.25, 0.3) is 33.4 Å². The number of phenolic OH excluding ortho intramolecular Hbond substituents is 2. The molecular weight excluding hydrogens is 1030 g/mol. The number of carboxylic acid groups (broad SMARTS) is 3. The van der Waals surface area contributed by atoms with Gasteiger partial charge in [-0.15, -0.1) is 0 Å². The van der Waals surface area contributed by atoms with Gasteiger partial charge in [0.15, 0.2) is 10.5 Å². The van der Waals surface area contributed by atoms with Crippen molar-refractivity contribution < 1.29 is 71.9 Å². The van der Waals surface area contributed by atoms with Crippen LogP contribution in [0.3, 0.4) is 0 Å². The summed E-state index contributed by atoms with van der Waals surface area (Å²) in [5, 5.41) is 59.5. The molecule has 23 heteroatoms. The molecule has 0 radical (unpaired) electrons. The van der Waals surface area contributed by atoms with E-state index in [0.29, 0.717) is 53.6 Å². The summed E-state index contributed by atoms with van der Waals surface area (Å²) in [6, 6.07) is 20.9. The Bertz CT molecular complexity index is 3230. The quantitative estimate of drug-likeness (QED) is 0.0254. The van der Waals surface area contributed by atoms with E-state index < -0.39 is 59.9 Å². The molecule has 0 bridgehead atoms. The van der Waals surface area contributed by atoms with Gasteiger partial charge in [0.2, 0.25) is 17.7 Å². The minimum Gasteiger partial charge on any atom is -0.508 e. The second kappa shape index (κ2) is 25.3. The van der Waals surface area contributed by atoms with E-state index in [1.807, 2.05) is 38.1 Å². The molecule has 0 unspecified atom stereocenters. The lowest BCUT2D eigenvalue weighted by Crippen LogP contribution is -2.59. The van der Waals surface area contributed by atoms with Crippen LogP contribution < -0.4 is 32.4 Å². The van der Waals surface area contributed by atoms with Crippen molar-refractivity contribution in [1.29, 1.82) is 0 Å². The van der Waals surface area contributed by atoms with Crippen LogP contribution in [-0.4, -0.2) is 109 Å². The number of benzene rings is 5. The Balaban J connectivity index is 0.00000128. The Morgan fingerprint density at radius 3 is 2.12 bits per heavy atom. The highest BCUT2D eigenvalue weighted by Gasteiger charge is 2.39. The maximum atomic E-state index is 14.1. The van der Waals surface area contributed by atoms with Crippen molar-refractivity contribution in [3.8, 4) is 33.9 Å². The Hall–Kier alpha value is -8.57. The van der Waals surface area contributed by atoms with Gasteiger partial charge >= 0.3 is 24.1 Å². The fourth-order valence-electron chi connectivity index (χ4n) is 8.91. The first-order valence-electron chi connectivity index (χ1n) is 24.1. The molecule has 3 amide bonds. The lowest BCUT2D eigenvalue weighted by Gasteiger charge is -2.38. The van der Waals surface area contributed by atoms with E-state index in [9.17, 15) is 62.4 Å². The number of nitrogens with zero attached hydrogens (tertiary/aromatic N) is 1. The SMILES string of the molecule is Cc1cc(O)cc(C)c1C[C@H](N)C(=O)N1Cc2ccccc2C[C@H]1C(=O)N[C@@H](CCC(=O)O)C(=O)NCCCCCNC(=S)Nc1ccc(-c2c3ccc(=O)cc-3oc3cc(O)ccc23)c(C(=O)O)c1.O=C(O)C(F)(F)F. The number of hydrogen-bond donors (Lipinski definition) is 10.